The average molecular weight is 157 g/mol. The Morgan fingerprint density at radius 3 is 2.09 bits per heavy atom. The number of nitrogens with zero attached hydrogens (tertiary/aromatic N) is 1. The van der Waals surface area contributed by atoms with E-state index in [-0.39, 0.29) is 6.04 Å². The molecule has 0 aromatic carbocycles. The quantitative estimate of drug-likeness (QED) is 0.622. The SMILES string of the molecule is CCC(O)(C=NC(C)C)CC. The molecule has 0 rings (SSSR count). The summed E-state index contributed by atoms with van der Waals surface area (Å²) in [6, 6.07) is 0.277. The van der Waals surface area contributed by atoms with Crippen LogP contribution in [0.3, 0.4) is 0 Å². The molecule has 0 bridgehead atoms. The number of rotatable bonds is 4. The van der Waals surface area contributed by atoms with Crippen molar-refractivity contribution in [2.24, 2.45) is 4.99 Å². The molecule has 0 saturated carbocycles. The Morgan fingerprint density at radius 1 is 1.36 bits per heavy atom. The first-order chi connectivity index (χ1) is 5.04. The molecule has 0 aliphatic carbocycles. The summed E-state index contributed by atoms with van der Waals surface area (Å²) in [5, 5.41) is 9.73. The lowest BCUT2D eigenvalue weighted by molar-refractivity contribution is 0.108. The van der Waals surface area contributed by atoms with E-state index in [1.807, 2.05) is 27.7 Å². The number of hydrogen-bond acceptors (Lipinski definition) is 2. The van der Waals surface area contributed by atoms with Crippen molar-refractivity contribution in [1.29, 1.82) is 0 Å². The normalized spacial score (nSPS) is 13.3. The number of aliphatic hydroxyl groups is 1. The van der Waals surface area contributed by atoms with Crippen molar-refractivity contribution in [2.75, 3.05) is 0 Å². The van der Waals surface area contributed by atoms with Gasteiger partial charge in [0.05, 0.1) is 5.60 Å². The Balaban J connectivity index is 4.06. The minimum absolute atomic E-state index is 0.277. The lowest BCUT2D eigenvalue weighted by Crippen LogP contribution is -2.28. The van der Waals surface area contributed by atoms with Crippen molar-refractivity contribution in [3.63, 3.8) is 0 Å². The van der Waals surface area contributed by atoms with Gasteiger partial charge in [-0.25, -0.2) is 0 Å². The molecule has 0 aromatic rings. The molecule has 2 nitrogen and oxygen atoms in total. The Morgan fingerprint density at radius 2 is 1.82 bits per heavy atom. The summed E-state index contributed by atoms with van der Waals surface area (Å²) in [6.45, 7) is 7.94. The minimum atomic E-state index is -0.676. The first-order valence-corrected chi connectivity index (χ1v) is 4.30. The van der Waals surface area contributed by atoms with E-state index in [9.17, 15) is 5.11 Å². The highest BCUT2D eigenvalue weighted by Crippen LogP contribution is 2.11. The second kappa shape index (κ2) is 4.50. The van der Waals surface area contributed by atoms with Crippen LogP contribution in [0.25, 0.3) is 0 Å². The third kappa shape index (κ3) is 4.14. The van der Waals surface area contributed by atoms with E-state index < -0.39 is 5.60 Å². The van der Waals surface area contributed by atoms with Gasteiger partial charge in [-0.2, -0.15) is 0 Å². The smallest absolute Gasteiger partial charge is 0.0987 e. The summed E-state index contributed by atoms with van der Waals surface area (Å²) in [5.74, 6) is 0. The van der Waals surface area contributed by atoms with Crippen molar-refractivity contribution >= 4 is 6.21 Å². The summed E-state index contributed by atoms with van der Waals surface area (Å²) in [5.41, 5.74) is -0.676. The van der Waals surface area contributed by atoms with E-state index in [0.29, 0.717) is 0 Å². The Kier molecular flexibility index (Phi) is 4.34. The van der Waals surface area contributed by atoms with Crippen molar-refractivity contribution < 1.29 is 5.11 Å². The summed E-state index contributed by atoms with van der Waals surface area (Å²) in [4.78, 5) is 4.16. The van der Waals surface area contributed by atoms with Crippen molar-refractivity contribution in [3.05, 3.63) is 0 Å². The number of hydrogen-bond donors (Lipinski definition) is 1. The predicted octanol–water partition coefficient (Wildman–Crippen LogP) is 2.02. The molecule has 0 aromatic heterocycles. The van der Waals surface area contributed by atoms with Gasteiger partial charge in [0.25, 0.3) is 0 Å². The molecular weight excluding hydrogens is 138 g/mol. The molecule has 0 atom stereocenters. The molecule has 0 saturated heterocycles. The molecule has 66 valence electrons. The molecule has 1 N–H and O–H groups in total. The van der Waals surface area contributed by atoms with Gasteiger partial charge >= 0.3 is 0 Å². The molecule has 0 unspecified atom stereocenters. The van der Waals surface area contributed by atoms with Crippen LogP contribution in [-0.2, 0) is 0 Å². The van der Waals surface area contributed by atoms with Crippen LogP contribution >= 0.6 is 0 Å². The topological polar surface area (TPSA) is 32.6 Å². The maximum atomic E-state index is 9.73. The zero-order valence-corrected chi connectivity index (χ0v) is 7.96. The van der Waals surface area contributed by atoms with Gasteiger partial charge in [-0.15, -0.1) is 0 Å². The van der Waals surface area contributed by atoms with Crippen molar-refractivity contribution in [2.45, 2.75) is 52.2 Å². The molecule has 0 aliphatic heterocycles. The summed E-state index contributed by atoms with van der Waals surface area (Å²) >= 11 is 0. The standard InChI is InChI=1S/C9H19NO/c1-5-9(11,6-2)7-10-8(3)4/h7-8,11H,5-6H2,1-4H3. The monoisotopic (exact) mass is 157 g/mol. The van der Waals surface area contributed by atoms with E-state index in [0.717, 1.165) is 12.8 Å². The van der Waals surface area contributed by atoms with Crippen LogP contribution in [0, 0.1) is 0 Å². The van der Waals surface area contributed by atoms with Gasteiger partial charge in [-0.1, -0.05) is 13.8 Å². The van der Waals surface area contributed by atoms with E-state index in [1.165, 1.54) is 0 Å². The highest BCUT2D eigenvalue weighted by Gasteiger charge is 2.18. The Labute approximate surface area is 69.3 Å². The lowest BCUT2D eigenvalue weighted by Gasteiger charge is -2.19. The van der Waals surface area contributed by atoms with Gasteiger partial charge in [-0.05, 0) is 26.7 Å². The molecule has 0 heterocycles. The van der Waals surface area contributed by atoms with Crippen LogP contribution in [0.5, 0.6) is 0 Å². The van der Waals surface area contributed by atoms with E-state index >= 15 is 0 Å². The Bertz CT molecular complexity index is 126. The lowest BCUT2D eigenvalue weighted by atomic mass is 9.99. The van der Waals surface area contributed by atoms with Crippen molar-refractivity contribution in [3.8, 4) is 0 Å². The fraction of sp³-hybridized carbons (Fsp3) is 0.889. The van der Waals surface area contributed by atoms with Gasteiger partial charge in [0, 0.05) is 12.3 Å². The minimum Gasteiger partial charge on any atom is -0.384 e. The second-order valence-corrected chi connectivity index (χ2v) is 3.18. The highest BCUT2D eigenvalue weighted by atomic mass is 16.3. The molecule has 2 heteroatoms. The predicted molar refractivity (Wildman–Crippen MR) is 49.2 cm³/mol. The van der Waals surface area contributed by atoms with Gasteiger partial charge < -0.3 is 5.11 Å². The van der Waals surface area contributed by atoms with Crippen LogP contribution in [0.15, 0.2) is 4.99 Å². The fourth-order valence-corrected chi connectivity index (χ4v) is 0.720. The van der Waals surface area contributed by atoms with Gasteiger partial charge in [-0.3, -0.25) is 4.99 Å². The molecule has 0 spiro atoms. The molecule has 0 radical (unpaired) electrons. The molecule has 0 amide bonds. The first-order valence-electron chi connectivity index (χ1n) is 4.30. The molecule has 11 heavy (non-hydrogen) atoms. The third-order valence-electron chi connectivity index (χ3n) is 1.84. The van der Waals surface area contributed by atoms with Gasteiger partial charge in [0.1, 0.15) is 0 Å². The summed E-state index contributed by atoms with van der Waals surface area (Å²) < 4.78 is 0. The van der Waals surface area contributed by atoms with Gasteiger partial charge in [0.2, 0.25) is 0 Å². The largest absolute Gasteiger partial charge is 0.384 e. The molecule has 0 fully saturated rings. The van der Waals surface area contributed by atoms with E-state index in [2.05, 4.69) is 4.99 Å². The Hall–Kier alpha value is -0.370. The van der Waals surface area contributed by atoms with E-state index in [4.69, 9.17) is 0 Å². The van der Waals surface area contributed by atoms with Crippen LogP contribution in [0.2, 0.25) is 0 Å². The fourth-order valence-electron chi connectivity index (χ4n) is 0.720. The van der Waals surface area contributed by atoms with Crippen molar-refractivity contribution in [1.82, 2.24) is 0 Å². The van der Waals surface area contributed by atoms with Crippen LogP contribution in [0.1, 0.15) is 40.5 Å². The highest BCUT2D eigenvalue weighted by molar-refractivity contribution is 5.68. The zero-order chi connectivity index (χ0) is 8.91. The maximum absolute atomic E-state index is 9.73. The molecular formula is C9H19NO. The third-order valence-corrected chi connectivity index (χ3v) is 1.84. The maximum Gasteiger partial charge on any atom is 0.0987 e. The zero-order valence-electron chi connectivity index (χ0n) is 7.96. The first kappa shape index (κ1) is 10.6. The molecule has 0 aliphatic rings. The van der Waals surface area contributed by atoms with Crippen LogP contribution in [-0.4, -0.2) is 23.0 Å². The van der Waals surface area contributed by atoms with Gasteiger partial charge in [0.15, 0.2) is 0 Å². The summed E-state index contributed by atoms with van der Waals surface area (Å²) in [6.07, 6.45) is 3.15. The van der Waals surface area contributed by atoms with E-state index in [1.54, 1.807) is 6.21 Å². The second-order valence-electron chi connectivity index (χ2n) is 3.18. The number of aliphatic imine (C=N–C) groups is 1. The summed E-state index contributed by atoms with van der Waals surface area (Å²) in [7, 11) is 0. The van der Waals surface area contributed by atoms with Crippen LogP contribution in [0.4, 0.5) is 0 Å². The average Bonchev–Trinajstić information content (AvgIpc) is 2.00. The van der Waals surface area contributed by atoms with Crippen LogP contribution < -0.4 is 0 Å².